The minimum absolute atomic E-state index is 0.00463. The van der Waals surface area contributed by atoms with Gasteiger partial charge in [-0.25, -0.2) is 9.59 Å². The third kappa shape index (κ3) is 1.90. The van der Waals surface area contributed by atoms with Crippen LogP contribution >= 0.6 is 0 Å². The first-order chi connectivity index (χ1) is 8.43. The van der Waals surface area contributed by atoms with E-state index in [4.69, 9.17) is 10.2 Å². The molecule has 0 heterocycles. The highest BCUT2D eigenvalue weighted by Gasteiger charge is 2.35. The van der Waals surface area contributed by atoms with E-state index in [1.165, 1.54) is 6.07 Å². The highest BCUT2D eigenvalue weighted by Crippen LogP contribution is 2.43. The molecular weight excluding hydrogens is 242 g/mol. The molecule has 0 unspecified atom stereocenters. The Labute approximate surface area is 101 Å². The Bertz CT molecular complexity index is 561. The Kier molecular flexibility index (Phi) is 2.74. The third-order valence-electron chi connectivity index (χ3n) is 2.86. The van der Waals surface area contributed by atoms with Gasteiger partial charge >= 0.3 is 11.9 Å². The summed E-state index contributed by atoms with van der Waals surface area (Å²) in [7, 11) is 0. The summed E-state index contributed by atoms with van der Waals surface area (Å²) in [5, 5.41) is 28.8. The van der Waals surface area contributed by atoms with Crippen LogP contribution < -0.4 is 0 Å². The number of aromatic carboxylic acids is 2. The van der Waals surface area contributed by atoms with E-state index in [-0.39, 0.29) is 5.92 Å². The van der Waals surface area contributed by atoms with Crippen LogP contribution in [0.1, 0.15) is 45.0 Å². The largest absolute Gasteiger partial charge is 0.478 e. The lowest BCUT2D eigenvalue weighted by Gasteiger charge is -2.08. The van der Waals surface area contributed by atoms with Crippen molar-refractivity contribution in [1.82, 2.24) is 0 Å². The van der Waals surface area contributed by atoms with Crippen LogP contribution in [0.15, 0.2) is 12.1 Å². The molecule has 94 valence electrons. The van der Waals surface area contributed by atoms with Gasteiger partial charge in [-0.2, -0.15) is 0 Å². The Morgan fingerprint density at radius 2 is 1.72 bits per heavy atom. The molecule has 0 amide bonds. The number of benzene rings is 1. The highest BCUT2D eigenvalue weighted by molar-refractivity contribution is 6.05. The lowest BCUT2D eigenvalue weighted by atomic mass is 9.96. The van der Waals surface area contributed by atoms with Crippen molar-refractivity contribution >= 4 is 17.6 Å². The minimum Gasteiger partial charge on any atom is -0.478 e. The summed E-state index contributed by atoms with van der Waals surface area (Å²) in [6.45, 7) is 0. The van der Waals surface area contributed by atoms with E-state index in [2.05, 4.69) is 0 Å². The molecule has 0 radical (unpaired) electrons. The molecule has 1 aromatic rings. The standard InChI is InChI=1S/C11H9NO6/c13-10(14)8-6(5-1-2-5)3-4-7(12(17)18)9(8)11(15)16/h3-5H,1-2H2,(H,13,14)(H,15,16). The number of nitro benzene ring substituents is 1. The van der Waals surface area contributed by atoms with E-state index < -0.39 is 33.7 Å². The van der Waals surface area contributed by atoms with E-state index in [0.29, 0.717) is 5.56 Å². The summed E-state index contributed by atoms with van der Waals surface area (Å²) in [5.41, 5.74) is -1.52. The normalized spacial score (nSPS) is 14.2. The van der Waals surface area contributed by atoms with Crippen molar-refractivity contribution in [1.29, 1.82) is 0 Å². The first-order valence-electron chi connectivity index (χ1n) is 5.21. The Hall–Kier alpha value is -2.44. The first kappa shape index (κ1) is 12.0. The minimum atomic E-state index is -1.60. The third-order valence-corrected chi connectivity index (χ3v) is 2.86. The summed E-state index contributed by atoms with van der Waals surface area (Å²) in [5.74, 6) is -3.05. The van der Waals surface area contributed by atoms with E-state index in [1.807, 2.05) is 0 Å². The van der Waals surface area contributed by atoms with Crippen LogP contribution in [0.4, 0.5) is 5.69 Å². The second-order valence-electron chi connectivity index (χ2n) is 4.07. The van der Waals surface area contributed by atoms with Gasteiger partial charge in [-0.1, -0.05) is 6.07 Å². The van der Waals surface area contributed by atoms with Crippen LogP contribution in [0.3, 0.4) is 0 Å². The quantitative estimate of drug-likeness (QED) is 0.622. The van der Waals surface area contributed by atoms with Crippen molar-refractivity contribution in [2.45, 2.75) is 18.8 Å². The SMILES string of the molecule is O=C(O)c1c(C2CC2)ccc([N+](=O)[O-])c1C(=O)O. The van der Waals surface area contributed by atoms with Crippen LogP contribution in [0.25, 0.3) is 0 Å². The van der Waals surface area contributed by atoms with Crippen LogP contribution in [-0.4, -0.2) is 27.1 Å². The van der Waals surface area contributed by atoms with Crippen LogP contribution in [0.5, 0.6) is 0 Å². The molecule has 1 aliphatic carbocycles. The summed E-state index contributed by atoms with van der Waals surface area (Å²) in [4.78, 5) is 32.1. The predicted molar refractivity (Wildman–Crippen MR) is 59.0 cm³/mol. The topological polar surface area (TPSA) is 118 Å². The molecule has 1 fully saturated rings. The number of nitro groups is 1. The first-order valence-corrected chi connectivity index (χ1v) is 5.21. The molecular formula is C11H9NO6. The molecule has 1 aliphatic rings. The average molecular weight is 251 g/mol. The van der Waals surface area contributed by atoms with E-state index in [9.17, 15) is 19.7 Å². The lowest BCUT2D eigenvalue weighted by Crippen LogP contribution is -2.14. The van der Waals surface area contributed by atoms with Crippen molar-refractivity contribution in [3.05, 3.63) is 38.9 Å². The molecule has 18 heavy (non-hydrogen) atoms. The number of carbonyl (C=O) groups is 2. The van der Waals surface area contributed by atoms with Gasteiger partial charge < -0.3 is 10.2 Å². The average Bonchev–Trinajstić information content (AvgIpc) is 3.10. The molecule has 2 rings (SSSR count). The molecule has 7 heteroatoms. The maximum Gasteiger partial charge on any atom is 0.343 e. The van der Waals surface area contributed by atoms with Crippen LogP contribution in [0, 0.1) is 10.1 Å². The molecule has 1 saturated carbocycles. The maximum atomic E-state index is 11.2. The second kappa shape index (κ2) is 4.10. The molecule has 0 aliphatic heterocycles. The Balaban J connectivity index is 2.75. The van der Waals surface area contributed by atoms with E-state index in [1.54, 1.807) is 0 Å². The van der Waals surface area contributed by atoms with Gasteiger partial charge in [-0.3, -0.25) is 10.1 Å². The highest BCUT2D eigenvalue weighted by atomic mass is 16.6. The van der Waals surface area contributed by atoms with Gasteiger partial charge in [0.25, 0.3) is 5.69 Å². The summed E-state index contributed by atoms with van der Waals surface area (Å²) < 4.78 is 0. The monoisotopic (exact) mass is 251 g/mol. The van der Waals surface area contributed by atoms with Crippen molar-refractivity contribution in [3.8, 4) is 0 Å². The number of rotatable bonds is 4. The van der Waals surface area contributed by atoms with Gasteiger partial charge in [-0.05, 0) is 24.3 Å². The molecule has 7 nitrogen and oxygen atoms in total. The molecule has 0 aromatic heterocycles. The molecule has 2 N–H and O–H groups in total. The van der Waals surface area contributed by atoms with Gasteiger partial charge in [0, 0.05) is 6.07 Å². The Morgan fingerprint density at radius 3 is 2.11 bits per heavy atom. The fourth-order valence-corrected chi connectivity index (χ4v) is 1.94. The number of hydrogen-bond donors (Lipinski definition) is 2. The zero-order chi connectivity index (χ0) is 13.4. The summed E-state index contributed by atoms with van der Waals surface area (Å²) in [6.07, 6.45) is 1.55. The van der Waals surface area contributed by atoms with Gasteiger partial charge in [0.1, 0.15) is 0 Å². The zero-order valence-electron chi connectivity index (χ0n) is 9.12. The summed E-state index contributed by atoms with van der Waals surface area (Å²) >= 11 is 0. The van der Waals surface area contributed by atoms with Gasteiger partial charge in [-0.15, -0.1) is 0 Å². The number of carboxylic acid groups (broad SMARTS) is 2. The van der Waals surface area contributed by atoms with Crippen LogP contribution in [-0.2, 0) is 0 Å². The zero-order valence-corrected chi connectivity index (χ0v) is 9.12. The van der Waals surface area contributed by atoms with Crippen LogP contribution in [0.2, 0.25) is 0 Å². The molecule has 0 bridgehead atoms. The fraction of sp³-hybridized carbons (Fsp3) is 0.273. The summed E-state index contributed by atoms with van der Waals surface area (Å²) in [6, 6.07) is 2.40. The number of nitrogens with zero attached hydrogens (tertiary/aromatic N) is 1. The fourth-order valence-electron chi connectivity index (χ4n) is 1.94. The van der Waals surface area contributed by atoms with Crippen molar-refractivity contribution in [3.63, 3.8) is 0 Å². The van der Waals surface area contributed by atoms with Crippen molar-refractivity contribution < 1.29 is 24.7 Å². The van der Waals surface area contributed by atoms with Gasteiger partial charge in [0.2, 0.25) is 0 Å². The Morgan fingerprint density at radius 1 is 1.17 bits per heavy atom. The molecule has 0 saturated heterocycles. The van der Waals surface area contributed by atoms with Gasteiger partial charge in [0.05, 0.1) is 10.5 Å². The van der Waals surface area contributed by atoms with E-state index >= 15 is 0 Å². The second-order valence-corrected chi connectivity index (χ2v) is 4.07. The maximum absolute atomic E-state index is 11.2. The van der Waals surface area contributed by atoms with Crippen molar-refractivity contribution in [2.24, 2.45) is 0 Å². The van der Waals surface area contributed by atoms with Crippen molar-refractivity contribution in [2.75, 3.05) is 0 Å². The predicted octanol–water partition coefficient (Wildman–Crippen LogP) is 1.87. The molecule has 0 atom stereocenters. The lowest BCUT2D eigenvalue weighted by molar-refractivity contribution is -0.385. The number of hydrogen-bond acceptors (Lipinski definition) is 4. The number of carboxylic acids is 2. The van der Waals surface area contributed by atoms with E-state index in [0.717, 1.165) is 18.9 Å². The molecule has 0 spiro atoms. The smallest absolute Gasteiger partial charge is 0.343 e. The van der Waals surface area contributed by atoms with Gasteiger partial charge in [0.15, 0.2) is 5.56 Å². The molecule has 1 aromatic carbocycles.